The van der Waals surface area contributed by atoms with Gasteiger partial charge < -0.3 is 10.1 Å². The van der Waals surface area contributed by atoms with Crippen molar-refractivity contribution in [3.05, 3.63) is 100 Å². The topological polar surface area (TPSA) is 119 Å². The monoisotopic (exact) mass is 574 g/mol. The molecule has 0 bridgehead atoms. The lowest BCUT2D eigenvalue weighted by Gasteiger charge is -2.26. The highest BCUT2D eigenvalue weighted by Gasteiger charge is 2.26. The summed E-state index contributed by atoms with van der Waals surface area (Å²) in [4.78, 5) is 22.7. The van der Waals surface area contributed by atoms with Crippen molar-refractivity contribution in [3.8, 4) is 16.9 Å². The Labute approximate surface area is 234 Å². The van der Waals surface area contributed by atoms with E-state index >= 15 is 0 Å². The second kappa shape index (κ2) is 10.8. The summed E-state index contributed by atoms with van der Waals surface area (Å²) in [5, 5.41) is 8.41. The number of morpholine rings is 1. The minimum Gasteiger partial charge on any atom is -0.379 e. The molecule has 0 spiro atoms. The Kier molecular flexibility index (Phi) is 7.03. The zero-order chi connectivity index (χ0) is 27.7. The van der Waals surface area contributed by atoms with Gasteiger partial charge in [-0.05, 0) is 36.4 Å². The quantitative estimate of drug-likeness (QED) is 0.319. The fourth-order valence-electron chi connectivity index (χ4n) is 4.44. The molecule has 6 rings (SSSR count). The van der Waals surface area contributed by atoms with Gasteiger partial charge in [0.25, 0.3) is 5.56 Å². The fraction of sp³-hybridized carbons (Fsp3) is 0.143. The standard InChI is InChI=1S/C28H23ClN6O4S/c29-23-8-4-5-9-24(23)35-27(36)22-18-30-28(32-26(22)25(33-35)19-6-2-1-3-7-19)31-20-10-12-21(13-11-20)40(37,38)34-14-16-39-17-15-34/h1-13,18H,14-17H2,(H,30,31,32). The van der Waals surface area contributed by atoms with Crippen LogP contribution in [0, 0.1) is 0 Å². The molecule has 5 aromatic rings. The SMILES string of the molecule is O=c1c2cnc(Nc3ccc(S(=O)(=O)N4CCOCC4)cc3)nc2c(-c2ccccc2)nn1-c1ccccc1Cl. The first-order valence-electron chi connectivity index (χ1n) is 12.5. The maximum absolute atomic E-state index is 13.5. The molecule has 0 unspecified atom stereocenters. The van der Waals surface area contributed by atoms with Crippen LogP contribution in [0.2, 0.25) is 5.02 Å². The van der Waals surface area contributed by atoms with E-state index in [2.05, 4.69) is 20.4 Å². The van der Waals surface area contributed by atoms with Gasteiger partial charge >= 0.3 is 0 Å². The lowest BCUT2D eigenvalue weighted by molar-refractivity contribution is 0.0730. The summed E-state index contributed by atoms with van der Waals surface area (Å²) in [5.74, 6) is 0.227. The second-order valence-electron chi connectivity index (χ2n) is 9.00. The van der Waals surface area contributed by atoms with Crippen molar-refractivity contribution < 1.29 is 13.2 Å². The molecule has 0 aliphatic carbocycles. The third-order valence-electron chi connectivity index (χ3n) is 6.48. The van der Waals surface area contributed by atoms with Crippen molar-refractivity contribution in [2.75, 3.05) is 31.6 Å². The maximum Gasteiger partial charge on any atom is 0.282 e. The van der Waals surface area contributed by atoms with Crippen LogP contribution in [0.1, 0.15) is 0 Å². The van der Waals surface area contributed by atoms with E-state index < -0.39 is 15.6 Å². The van der Waals surface area contributed by atoms with Gasteiger partial charge in [0.05, 0.1) is 34.2 Å². The number of ether oxygens (including phenoxy) is 1. The zero-order valence-corrected chi connectivity index (χ0v) is 22.6. The number of nitrogens with one attached hydrogen (secondary N) is 1. The minimum absolute atomic E-state index is 0.190. The molecule has 1 aliphatic rings. The second-order valence-corrected chi connectivity index (χ2v) is 11.3. The lowest BCUT2D eigenvalue weighted by Crippen LogP contribution is -2.40. The predicted octanol–water partition coefficient (Wildman–Crippen LogP) is 4.26. The van der Waals surface area contributed by atoms with Gasteiger partial charge in [-0.1, -0.05) is 54.1 Å². The number of nitrogens with zero attached hydrogens (tertiary/aromatic N) is 5. The number of sulfonamides is 1. The van der Waals surface area contributed by atoms with E-state index in [0.717, 1.165) is 5.56 Å². The predicted molar refractivity (Wildman–Crippen MR) is 153 cm³/mol. The van der Waals surface area contributed by atoms with Gasteiger partial charge in [-0.3, -0.25) is 4.79 Å². The average Bonchev–Trinajstić information content (AvgIpc) is 2.99. The first kappa shape index (κ1) is 26.1. The molecule has 0 atom stereocenters. The van der Waals surface area contributed by atoms with Gasteiger partial charge in [-0.25, -0.2) is 18.4 Å². The molecule has 2 aromatic heterocycles. The summed E-state index contributed by atoms with van der Waals surface area (Å²) < 4.78 is 33.8. The molecule has 202 valence electrons. The molecule has 3 aromatic carbocycles. The number of anilines is 2. The first-order chi connectivity index (χ1) is 19.4. The fourth-order valence-corrected chi connectivity index (χ4v) is 6.06. The number of rotatable bonds is 6. The van der Waals surface area contributed by atoms with Crippen LogP contribution in [0.25, 0.3) is 27.8 Å². The Morgan fingerprint density at radius 3 is 2.33 bits per heavy atom. The van der Waals surface area contributed by atoms with Gasteiger partial charge in [0.15, 0.2) is 0 Å². The normalized spacial score (nSPS) is 14.3. The smallest absolute Gasteiger partial charge is 0.282 e. The van der Waals surface area contributed by atoms with Crippen molar-refractivity contribution in [2.24, 2.45) is 0 Å². The van der Waals surface area contributed by atoms with Crippen LogP contribution in [-0.2, 0) is 14.8 Å². The summed E-state index contributed by atoms with van der Waals surface area (Å²) in [6.45, 7) is 1.40. The van der Waals surface area contributed by atoms with Crippen molar-refractivity contribution in [3.63, 3.8) is 0 Å². The zero-order valence-electron chi connectivity index (χ0n) is 21.1. The molecule has 0 radical (unpaired) electrons. The Hall–Kier alpha value is -4.16. The van der Waals surface area contributed by atoms with E-state index in [1.54, 1.807) is 36.4 Å². The third-order valence-corrected chi connectivity index (χ3v) is 8.71. The van der Waals surface area contributed by atoms with E-state index in [0.29, 0.717) is 53.9 Å². The van der Waals surface area contributed by atoms with Crippen molar-refractivity contribution in [1.29, 1.82) is 0 Å². The van der Waals surface area contributed by atoms with E-state index in [4.69, 9.17) is 16.3 Å². The van der Waals surface area contributed by atoms with E-state index in [-0.39, 0.29) is 16.2 Å². The molecule has 1 aliphatic heterocycles. The summed E-state index contributed by atoms with van der Waals surface area (Å²) >= 11 is 6.39. The minimum atomic E-state index is -3.61. The van der Waals surface area contributed by atoms with Crippen LogP contribution in [-0.4, -0.2) is 58.8 Å². The molecule has 40 heavy (non-hydrogen) atoms. The Bertz CT molecular complexity index is 1860. The molecule has 10 nitrogen and oxygen atoms in total. The van der Waals surface area contributed by atoms with Crippen LogP contribution < -0.4 is 10.9 Å². The average molecular weight is 575 g/mol. The Balaban J connectivity index is 1.38. The van der Waals surface area contributed by atoms with Crippen molar-refractivity contribution in [1.82, 2.24) is 24.1 Å². The Morgan fingerprint density at radius 1 is 0.900 bits per heavy atom. The van der Waals surface area contributed by atoms with Gasteiger partial charge in [0, 0.05) is 30.5 Å². The molecule has 0 amide bonds. The van der Waals surface area contributed by atoms with E-state index in [1.807, 2.05) is 30.3 Å². The van der Waals surface area contributed by atoms with Crippen LogP contribution >= 0.6 is 11.6 Å². The summed E-state index contributed by atoms with van der Waals surface area (Å²) in [5.41, 5.74) is 2.22. The first-order valence-corrected chi connectivity index (χ1v) is 14.3. The highest BCUT2D eigenvalue weighted by atomic mass is 35.5. The number of aromatic nitrogens is 4. The highest BCUT2D eigenvalue weighted by molar-refractivity contribution is 7.89. The number of fused-ring (bicyclic) bond motifs is 1. The third kappa shape index (κ3) is 4.95. The van der Waals surface area contributed by atoms with Crippen LogP contribution in [0.4, 0.5) is 11.6 Å². The maximum atomic E-state index is 13.5. The highest BCUT2D eigenvalue weighted by Crippen LogP contribution is 2.27. The number of hydrogen-bond donors (Lipinski definition) is 1. The summed E-state index contributed by atoms with van der Waals surface area (Å²) in [7, 11) is -3.61. The molecule has 0 saturated carbocycles. The van der Waals surface area contributed by atoms with Gasteiger partial charge in [0.1, 0.15) is 11.2 Å². The van der Waals surface area contributed by atoms with Gasteiger partial charge in [-0.2, -0.15) is 14.1 Å². The van der Waals surface area contributed by atoms with Crippen molar-refractivity contribution >= 4 is 44.2 Å². The molecular weight excluding hydrogens is 552 g/mol. The van der Waals surface area contributed by atoms with E-state index in [9.17, 15) is 13.2 Å². The number of para-hydroxylation sites is 1. The summed E-state index contributed by atoms with van der Waals surface area (Å²) in [6, 6.07) is 22.7. The number of halogens is 1. The molecule has 1 saturated heterocycles. The van der Waals surface area contributed by atoms with Gasteiger partial charge in [0.2, 0.25) is 16.0 Å². The molecule has 1 N–H and O–H groups in total. The molecule has 3 heterocycles. The molecule has 12 heteroatoms. The van der Waals surface area contributed by atoms with E-state index in [1.165, 1.54) is 27.3 Å². The number of benzene rings is 3. The lowest BCUT2D eigenvalue weighted by atomic mass is 10.1. The largest absolute Gasteiger partial charge is 0.379 e. The summed E-state index contributed by atoms with van der Waals surface area (Å²) in [6.07, 6.45) is 1.45. The van der Waals surface area contributed by atoms with Crippen LogP contribution in [0.3, 0.4) is 0 Å². The van der Waals surface area contributed by atoms with Gasteiger partial charge in [-0.15, -0.1) is 0 Å². The van der Waals surface area contributed by atoms with Crippen molar-refractivity contribution in [2.45, 2.75) is 4.90 Å². The number of hydrogen-bond acceptors (Lipinski definition) is 8. The molecular formula is C28H23ClN6O4S. The Morgan fingerprint density at radius 2 is 1.60 bits per heavy atom. The van der Waals surface area contributed by atoms with Crippen LogP contribution in [0.15, 0.2) is 94.7 Å². The van der Waals surface area contributed by atoms with Crippen LogP contribution in [0.5, 0.6) is 0 Å². The molecule has 1 fully saturated rings.